The Morgan fingerprint density at radius 1 is 1.11 bits per heavy atom. The van der Waals surface area contributed by atoms with Crippen molar-refractivity contribution in [2.75, 3.05) is 5.75 Å². The number of thioether (sulfide) groups is 1. The van der Waals surface area contributed by atoms with E-state index in [1.807, 2.05) is 57.2 Å². The van der Waals surface area contributed by atoms with E-state index >= 15 is 0 Å². The van der Waals surface area contributed by atoms with Gasteiger partial charge in [0.05, 0.1) is 5.75 Å². The largest absolute Gasteiger partial charge is 0.454 e. The highest BCUT2D eigenvalue weighted by atomic mass is 32.2. The summed E-state index contributed by atoms with van der Waals surface area (Å²) in [5.74, 6) is -0.401. The number of H-pyrrole nitrogens is 1. The van der Waals surface area contributed by atoms with Gasteiger partial charge in [-0.25, -0.2) is 0 Å². The van der Waals surface area contributed by atoms with E-state index in [2.05, 4.69) is 11.1 Å². The Labute approximate surface area is 163 Å². The van der Waals surface area contributed by atoms with E-state index in [0.29, 0.717) is 5.56 Å². The van der Waals surface area contributed by atoms with Gasteiger partial charge in [-0.15, -0.1) is 11.8 Å². The SMILES string of the molecule is Cc1ccc(SCC(=O)O[C@H](C)C(=O)c2c(C)[nH]c3ccccc23)c(C)c1. The Bertz CT molecular complexity index is 1010. The van der Waals surface area contributed by atoms with Crippen molar-refractivity contribution in [3.05, 3.63) is 64.8 Å². The Morgan fingerprint density at radius 2 is 1.85 bits per heavy atom. The number of carbonyl (C=O) groups is 2. The van der Waals surface area contributed by atoms with E-state index < -0.39 is 12.1 Å². The molecule has 0 saturated carbocycles. The quantitative estimate of drug-likeness (QED) is 0.371. The van der Waals surface area contributed by atoms with Crippen molar-refractivity contribution in [1.29, 1.82) is 0 Å². The fraction of sp³-hybridized carbons (Fsp3) is 0.273. The third-order valence-electron chi connectivity index (χ3n) is 4.49. The molecule has 0 bridgehead atoms. The fourth-order valence-corrected chi connectivity index (χ4v) is 3.97. The number of aromatic nitrogens is 1. The number of nitrogens with one attached hydrogen (secondary N) is 1. The maximum atomic E-state index is 12.8. The molecule has 5 heteroatoms. The lowest BCUT2D eigenvalue weighted by Crippen LogP contribution is -2.25. The molecule has 27 heavy (non-hydrogen) atoms. The van der Waals surface area contributed by atoms with Crippen LogP contribution in [-0.4, -0.2) is 28.6 Å². The molecule has 140 valence electrons. The first kappa shape index (κ1) is 19.2. The van der Waals surface area contributed by atoms with Gasteiger partial charge in [-0.1, -0.05) is 35.9 Å². The second-order valence-corrected chi connectivity index (χ2v) is 7.74. The van der Waals surface area contributed by atoms with Crippen LogP contribution in [0.2, 0.25) is 0 Å². The number of hydrogen-bond acceptors (Lipinski definition) is 4. The van der Waals surface area contributed by atoms with Crippen molar-refractivity contribution in [2.24, 2.45) is 0 Å². The van der Waals surface area contributed by atoms with E-state index in [1.54, 1.807) is 6.92 Å². The van der Waals surface area contributed by atoms with Crippen LogP contribution >= 0.6 is 11.8 Å². The average Bonchev–Trinajstić information content (AvgIpc) is 2.96. The number of rotatable bonds is 6. The summed E-state index contributed by atoms with van der Waals surface area (Å²) in [4.78, 5) is 29.3. The predicted octanol–water partition coefficient (Wildman–Crippen LogP) is 5.00. The number of carbonyl (C=O) groups excluding carboxylic acids is 2. The standard InChI is InChI=1S/C22H23NO3S/c1-13-9-10-19(14(2)11-13)27-12-20(24)26-16(4)22(25)21-15(3)23-18-8-6-5-7-17(18)21/h5-11,16,23H,12H2,1-4H3/t16-/m1/s1. The first-order valence-corrected chi connectivity index (χ1v) is 9.86. The van der Waals surface area contributed by atoms with Crippen LogP contribution in [0.3, 0.4) is 0 Å². The predicted molar refractivity (Wildman–Crippen MR) is 110 cm³/mol. The van der Waals surface area contributed by atoms with Crippen LogP contribution in [0.1, 0.15) is 34.1 Å². The summed E-state index contributed by atoms with van der Waals surface area (Å²) < 4.78 is 5.40. The van der Waals surface area contributed by atoms with Gasteiger partial charge in [0, 0.05) is 27.1 Å². The van der Waals surface area contributed by atoms with Crippen LogP contribution in [0.25, 0.3) is 10.9 Å². The fourth-order valence-electron chi connectivity index (χ4n) is 3.18. The second-order valence-electron chi connectivity index (χ2n) is 6.72. The van der Waals surface area contributed by atoms with Gasteiger partial charge in [-0.05, 0) is 45.4 Å². The number of aryl methyl sites for hydroxylation is 3. The summed E-state index contributed by atoms with van der Waals surface area (Å²) in [6.45, 7) is 7.54. The zero-order valence-corrected chi connectivity index (χ0v) is 16.8. The molecule has 1 N–H and O–H groups in total. The first-order chi connectivity index (χ1) is 12.9. The molecule has 0 aliphatic carbocycles. The number of hydrogen-bond donors (Lipinski definition) is 1. The summed E-state index contributed by atoms with van der Waals surface area (Å²) in [6.07, 6.45) is -0.824. The molecule has 3 aromatic rings. The number of benzene rings is 2. The van der Waals surface area contributed by atoms with Crippen molar-refractivity contribution in [2.45, 2.75) is 38.7 Å². The molecule has 1 aromatic heterocycles. The maximum Gasteiger partial charge on any atom is 0.316 e. The molecule has 0 aliphatic heterocycles. The molecule has 0 amide bonds. The number of Topliss-reactive ketones (excluding diaryl/α,β-unsaturated/α-hetero) is 1. The lowest BCUT2D eigenvalue weighted by molar-refractivity contribution is -0.143. The van der Waals surface area contributed by atoms with Crippen LogP contribution in [0.15, 0.2) is 47.4 Å². The van der Waals surface area contributed by atoms with Crippen molar-refractivity contribution >= 4 is 34.4 Å². The molecular weight excluding hydrogens is 358 g/mol. The van der Waals surface area contributed by atoms with Crippen molar-refractivity contribution in [1.82, 2.24) is 4.98 Å². The van der Waals surface area contributed by atoms with Crippen LogP contribution in [0, 0.1) is 20.8 Å². The van der Waals surface area contributed by atoms with Crippen LogP contribution < -0.4 is 0 Å². The van der Waals surface area contributed by atoms with Gasteiger partial charge in [-0.2, -0.15) is 0 Å². The Hall–Kier alpha value is -2.53. The highest BCUT2D eigenvalue weighted by molar-refractivity contribution is 8.00. The van der Waals surface area contributed by atoms with Gasteiger partial charge in [0.1, 0.15) is 0 Å². The summed E-state index contributed by atoms with van der Waals surface area (Å²) >= 11 is 1.43. The van der Waals surface area contributed by atoms with Crippen molar-refractivity contribution in [3.63, 3.8) is 0 Å². The van der Waals surface area contributed by atoms with Crippen LogP contribution in [-0.2, 0) is 9.53 Å². The molecular formula is C22H23NO3S. The van der Waals surface area contributed by atoms with E-state index in [4.69, 9.17) is 4.74 Å². The number of esters is 1. The normalized spacial score (nSPS) is 12.1. The zero-order chi connectivity index (χ0) is 19.6. The second kappa shape index (κ2) is 8.01. The summed E-state index contributed by atoms with van der Waals surface area (Å²) in [7, 11) is 0. The maximum absolute atomic E-state index is 12.8. The topological polar surface area (TPSA) is 59.2 Å². The molecule has 0 radical (unpaired) electrons. The molecule has 0 saturated heterocycles. The number of aromatic amines is 1. The molecule has 1 heterocycles. The van der Waals surface area contributed by atoms with Gasteiger partial charge in [0.15, 0.2) is 6.10 Å². The minimum Gasteiger partial charge on any atom is -0.454 e. The van der Waals surface area contributed by atoms with Gasteiger partial charge in [0.2, 0.25) is 5.78 Å². The highest BCUT2D eigenvalue weighted by Gasteiger charge is 2.24. The average molecular weight is 381 g/mol. The van der Waals surface area contributed by atoms with Gasteiger partial charge in [-0.3, -0.25) is 9.59 Å². The van der Waals surface area contributed by atoms with E-state index in [-0.39, 0.29) is 11.5 Å². The summed E-state index contributed by atoms with van der Waals surface area (Å²) in [5, 5.41) is 0.854. The Kier molecular flexibility index (Phi) is 5.71. The third-order valence-corrected chi connectivity index (χ3v) is 5.64. The van der Waals surface area contributed by atoms with Gasteiger partial charge >= 0.3 is 5.97 Å². The van der Waals surface area contributed by atoms with E-state index in [1.165, 1.54) is 17.3 Å². The lowest BCUT2D eigenvalue weighted by Gasteiger charge is -2.13. The smallest absolute Gasteiger partial charge is 0.316 e. The summed E-state index contributed by atoms with van der Waals surface area (Å²) in [6, 6.07) is 13.7. The van der Waals surface area contributed by atoms with Crippen LogP contribution in [0.4, 0.5) is 0 Å². The highest BCUT2D eigenvalue weighted by Crippen LogP contribution is 2.25. The molecule has 0 fully saturated rings. The summed E-state index contributed by atoms with van der Waals surface area (Å²) in [5.41, 5.74) is 4.60. The molecule has 0 spiro atoms. The van der Waals surface area contributed by atoms with Crippen molar-refractivity contribution in [3.8, 4) is 0 Å². The first-order valence-electron chi connectivity index (χ1n) is 8.88. The molecule has 1 atom stereocenters. The molecule has 0 aliphatic rings. The lowest BCUT2D eigenvalue weighted by atomic mass is 10.0. The number of ketones is 1. The number of fused-ring (bicyclic) bond motifs is 1. The van der Waals surface area contributed by atoms with E-state index in [9.17, 15) is 9.59 Å². The number of ether oxygens (including phenoxy) is 1. The van der Waals surface area contributed by atoms with Crippen molar-refractivity contribution < 1.29 is 14.3 Å². The van der Waals surface area contributed by atoms with Gasteiger partial charge < -0.3 is 9.72 Å². The monoisotopic (exact) mass is 381 g/mol. The van der Waals surface area contributed by atoms with E-state index in [0.717, 1.165) is 27.1 Å². The zero-order valence-electron chi connectivity index (χ0n) is 16.0. The molecule has 4 nitrogen and oxygen atoms in total. The molecule has 0 unspecified atom stereocenters. The number of para-hydroxylation sites is 1. The Morgan fingerprint density at radius 3 is 2.59 bits per heavy atom. The minimum atomic E-state index is -0.824. The minimum absolute atomic E-state index is 0.175. The molecule has 2 aromatic carbocycles. The Balaban J connectivity index is 1.65. The van der Waals surface area contributed by atoms with Crippen LogP contribution in [0.5, 0.6) is 0 Å². The van der Waals surface area contributed by atoms with Gasteiger partial charge in [0.25, 0.3) is 0 Å². The third kappa shape index (κ3) is 4.25. The molecule has 3 rings (SSSR count).